The Hall–Kier alpha value is 0.170. The van der Waals surface area contributed by atoms with Crippen molar-refractivity contribution >= 4 is 12.4 Å². The first-order chi connectivity index (χ1) is 9.10. The molecular formula is C16H33ClN2O. The first-order valence-electron chi connectivity index (χ1n) is 8.11. The number of hydrogen-bond donors (Lipinski definition) is 1. The number of hydrogen-bond acceptors (Lipinski definition) is 3. The molecule has 1 atom stereocenters. The Bertz CT molecular complexity index is 268. The van der Waals surface area contributed by atoms with Gasteiger partial charge in [0.25, 0.3) is 0 Å². The SMILES string of the molecule is CCC(N(C)C)N1CCC2(CCC(CO)CC2)CC1.Cl. The molecule has 20 heavy (non-hydrogen) atoms. The highest BCUT2D eigenvalue weighted by Crippen LogP contribution is 2.46. The van der Waals surface area contributed by atoms with Crippen LogP contribution in [0, 0.1) is 11.3 Å². The number of nitrogens with zero attached hydrogens (tertiary/aromatic N) is 2. The van der Waals surface area contributed by atoms with Crippen molar-refractivity contribution in [2.45, 2.75) is 58.0 Å². The van der Waals surface area contributed by atoms with Crippen LogP contribution >= 0.6 is 12.4 Å². The second-order valence-electron chi connectivity index (χ2n) is 7.01. The maximum Gasteiger partial charge on any atom is 0.0614 e. The lowest BCUT2D eigenvalue weighted by atomic mass is 9.65. The molecule has 2 fully saturated rings. The summed E-state index contributed by atoms with van der Waals surface area (Å²) in [5.41, 5.74) is 0.618. The zero-order valence-electron chi connectivity index (χ0n) is 13.5. The number of halogens is 1. The topological polar surface area (TPSA) is 26.7 Å². The van der Waals surface area contributed by atoms with E-state index >= 15 is 0 Å². The maximum atomic E-state index is 9.27. The highest BCUT2D eigenvalue weighted by molar-refractivity contribution is 5.85. The zero-order chi connectivity index (χ0) is 13.9. The Morgan fingerprint density at radius 1 is 1.15 bits per heavy atom. The molecule has 1 saturated carbocycles. The average molecular weight is 305 g/mol. The van der Waals surface area contributed by atoms with Crippen LogP contribution in [0.25, 0.3) is 0 Å². The van der Waals surface area contributed by atoms with E-state index in [1.807, 2.05) is 0 Å². The Balaban J connectivity index is 0.00000200. The molecule has 1 saturated heterocycles. The fourth-order valence-corrected chi connectivity index (χ4v) is 4.22. The first kappa shape index (κ1) is 18.2. The van der Waals surface area contributed by atoms with Crippen LogP contribution in [0.1, 0.15) is 51.9 Å². The van der Waals surface area contributed by atoms with E-state index in [0.29, 0.717) is 24.1 Å². The number of rotatable bonds is 4. The fourth-order valence-electron chi connectivity index (χ4n) is 4.22. The van der Waals surface area contributed by atoms with Gasteiger partial charge in [-0.25, -0.2) is 0 Å². The van der Waals surface area contributed by atoms with Crippen LogP contribution in [0.5, 0.6) is 0 Å². The summed E-state index contributed by atoms with van der Waals surface area (Å²) in [6, 6.07) is 0. The Labute approximate surface area is 131 Å². The summed E-state index contributed by atoms with van der Waals surface area (Å²) in [4.78, 5) is 5.03. The minimum atomic E-state index is 0. The first-order valence-corrected chi connectivity index (χ1v) is 8.11. The second-order valence-corrected chi connectivity index (χ2v) is 7.01. The van der Waals surface area contributed by atoms with Crippen LogP contribution in [0.3, 0.4) is 0 Å². The van der Waals surface area contributed by atoms with Crippen LogP contribution in [-0.4, -0.2) is 54.9 Å². The molecule has 0 aromatic heterocycles. The lowest BCUT2D eigenvalue weighted by molar-refractivity contribution is -0.00916. The third kappa shape index (κ3) is 4.09. The molecule has 0 radical (unpaired) electrons. The van der Waals surface area contributed by atoms with Crippen molar-refractivity contribution in [2.24, 2.45) is 11.3 Å². The van der Waals surface area contributed by atoms with E-state index < -0.39 is 0 Å². The van der Waals surface area contributed by atoms with E-state index in [4.69, 9.17) is 0 Å². The summed E-state index contributed by atoms with van der Waals surface area (Å²) in [6.07, 6.45) is 9.78. The van der Waals surface area contributed by atoms with Crippen molar-refractivity contribution < 1.29 is 5.11 Å². The minimum absolute atomic E-state index is 0. The van der Waals surface area contributed by atoms with E-state index in [0.717, 1.165) is 0 Å². The molecule has 120 valence electrons. The number of aliphatic hydroxyl groups is 1. The summed E-state index contributed by atoms with van der Waals surface area (Å²) in [5, 5.41) is 9.27. The highest BCUT2D eigenvalue weighted by Gasteiger charge is 2.39. The summed E-state index contributed by atoms with van der Waals surface area (Å²) < 4.78 is 0. The van der Waals surface area contributed by atoms with Gasteiger partial charge in [0.15, 0.2) is 0 Å². The van der Waals surface area contributed by atoms with E-state index in [9.17, 15) is 5.11 Å². The van der Waals surface area contributed by atoms with Gasteiger partial charge in [0, 0.05) is 19.7 Å². The highest BCUT2D eigenvalue weighted by atomic mass is 35.5. The average Bonchev–Trinajstić information content (AvgIpc) is 2.42. The smallest absolute Gasteiger partial charge is 0.0614 e. The van der Waals surface area contributed by atoms with Crippen molar-refractivity contribution in [1.29, 1.82) is 0 Å². The number of likely N-dealkylation sites (tertiary alicyclic amines) is 1. The summed E-state index contributed by atoms with van der Waals surface area (Å²) in [5.74, 6) is 0.592. The van der Waals surface area contributed by atoms with Crippen molar-refractivity contribution in [1.82, 2.24) is 9.80 Å². The molecule has 0 amide bonds. The van der Waals surface area contributed by atoms with Gasteiger partial charge >= 0.3 is 0 Å². The quantitative estimate of drug-likeness (QED) is 0.865. The summed E-state index contributed by atoms with van der Waals surface area (Å²) in [7, 11) is 4.40. The lowest BCUT2D eigenvalue weighted by Crippen LogP contribution is -2.51. The van der Waals surface area contributed by atoms with E-state index in [-0.39, 0.29) is 12.4 Å². The number of aliphatic hydroxyl groups excluding tert-OH is 1. The van der Waals surface area contributed by atoms with Gasteiger partial charge in [0.05, 0.1) is 6.17 Å². The molecule has 3 nitrogen and oxygen atoms in total. The molecular weight excluding hydrogens is 272 g/mol. The van der Waals surface area contributed by atoms with E-state index in [1.54, 1.807) is 0 Å². The standard InChI is InChI=1S/C16H32N2O.ClH/c1-4-15(17(2)3)18-11-9-16(10-12-18)7-5-14(13-19)6-8-16;/h14-15,19H,4-13H2,1-3H3;1H. The Morgan fingerprint density at radius 2 is 1.70 bits per heavy atom. The van der Waals surface area contributed by atoms with Gasteiger partial charge in [-0.2, -0.15) is 0 Å². The second kappa shape index (κ2) is 7.98. The predicted molar refractivity (Wildman–Crippen MR) is 87.3 cm³/mol. The van der Waals surface area contributed by atoms with Crippen LogP contribution in [0.4, 0.5) is 0 Å². The van der Waals surface area contributed by atoms with Gasteiger partial charge in [-0.3, -0.25) is 9.80 Å². The third-order valence-electron chi connectivity index (χ3n) is 5.67. The van der Waals surface area contributed by atoms with Gasteiger partial charge < -0.3 is 5.11 Å². The van der Waals surface area contributed by atoms with E-state index in [2.05, 4.69) is 30.8 Å². The largest absolute Gasteiger partial charge is 0.396 e. The summed E-state index contributed by atoms with van der Waals surface area (Å²) >= 11 is 0. The molecule has 1 aliphatic carbocycles. The molecule has 0 bridgehead atoms. The molecule has 1 heterocycles. The third-order valence-corrected chi connectivity index (χ3v) is 5.67. The van der Waals surface area contributed by atoms with Gasteiger partial charge in [-0.15, -0.1) is 12.4 Å². The molecule has 1 aliphatic heterocycles. The van der Waals surface area contributed by atoms with Crippen molar-refractivity contribution in [3.8, 4) is 0 Å². The lowest BCUT2D eigenvalue weighted by Gasteiger charge is -2.48. The monoisotopic (exact) mass is 304 g/mol. The minimum Gasteiger partial charge on any atom is -0.396 e. The van der Waals surface area contributed by atoms with Crippen molar-refractivity contribution in [2.75, 3.05) is 33.8 Å². The normalized spacial score (nSPS) is 25.6. The molecule has 2 rings (SSSR count). The van der Waals surface area contributed by atoms with Gasteiger partial charge in [-0.1, -0.05) is 6.92 Å². The van der Waals surface area contributed by atoms with Crippen LogP contribution < -0.4 is 0 Å². The summed E-state index contributed by atoms with van der Waals surface area (Å²) in [6.45, 7) is 5.23. The molecule has 2 aliphatic rings. The van der Waals surface area contributed by atoms with Gasteiger partial charge in [-0.05, 0) is 70.4 Å². The van der Waals surface area contributed by atoms with Crippen LogP contribution in [0.15, 0.2) is 0 Å². The maximum absolute atomic E-state index is 9.27. The molecule has 1 N–H and O–H groups in total. The van der Waals surface area contributed by atoms with Crippen LogP contribution in [-0.2, 0) is 0 Å². The Kier molecular flexibility index (Phi) is 7.27. The van der Waals surface area contributed by atoms with Gasteiger partial charge in [0.2, 0.25) is 0 Å². The number of piperidine rings is 1. The zero-order valence-corrected chi connectivity index (χ0v) is 14.3. The molecule has 0 aromatic carbocycles. The molecule has 1 unspecified atom stereocenters. The fraction of sp³-hybridized carbons (Fsp3) is 1.00. The molecule has 4 heteroatoms. The molecule has 1 spiro atoms. The van der Waals surface area contributed by atoms with Crippen LogP contribution in [0.2, 0.25) is 0 Å². The van der Waals surface area contributed by atoms with Gasteiger partial charge in [0.1, 0.15) is 0 Å². The van der Waals surface area contributed by atoms with E-state index in [1.165, 1.54) is 58.0 Å². The Morgan fingerprint density at radius 3 is 2.10 bits per heavy atom. The predicted octanol–water partition coefficient (Wildman–Crippen LogP) is 2.97. The van der Waals surface area contributed by atoms with Crippen molar-refractivity contribution in [3.63, 3.8) is 0 Å². The molecule has 0 aromatic rings. The van der Waals surface area contributed by atoms with Crippen molar-refractivity contribution in [3.05, 3.63) is 0 Å².